The number of rotatable bonds is 12. The van der Waals surface area contributed by atoms with Crippen molar-refractivity contribution in [2.24, 2.45) is 0 Å². The number of nitrogens with one attached hydrogen (secondary N) is 1. The molecule has 1 unspecified atom stereocenters. The van der Waals surface area contributed by atoms with Gasteiger partial charge in [-0.2, -0.15) is 0 Å². The highest BCUT2D eigenvalue weighted by molar-refractivity contribution is 8.01. The number of carbonyl (C=O) groups is 3. The Bertz CT molecular complexity index is 1000. The van der Waals surface area contributed by atoms with Crippen LogP contribution in [0.15, 0.2) is 52.8 Å². The van der Waals surface area contributed by atoms with Crippen molar-refractivity contribution in [2.45, 2.75) is 70.1 Å². The Kier molecular flexibility index (Phi) is 10.5. The SMILES string of the molecule is CCCCC1(CCCC)NSC2=C(C(=O)C(SC)C(OCC(=O)OCC)=C2)N(c2ccccc2)C1=O. The number of hydrogen-bond acceptors (Lipinski definition) is 8. The number of ether oxygens (including phenoxy) is 2. The Morgan fingerprint density at radius 3 is 2.36 bits per heavy atom. The van der Waals surface area contributed by atoms with Crippen LogP contribution in [0.5, 0.6) is 0 Å². The molecule has 1 aromatic rings. The Labute approximate surface area is 222 Å². The fraction of sp³-hybridized carbons (Fsp3) is 0.519. The summed E-state index contributed by atoms with van der Waals surface area (Å²) in [6.45, 7) is 5.94. The normalized spacial score (nSPS) is 19.5. The first-order chi connectivity index (χ1) is 17.4. The summed E-state index contributed by atoms with van der Waals surface area (Å²) in [7, 11) is 0. The maximum Gasteiger partial charge on any atom is 0.344 e. The van der Waals surface area contributed by atoms with Gasteiger partial charge in [0, 0.05) is 5.69 Å². The minimum Gasteiger partial charge on any atom is -0.485 e. The third-order valence-electron chi connectivity index (χ3n) is 6.26. The number of thioether (sulfide) groups is 1. The lowest BCUT2D eigenvalue weighted by molar-refractivity contribution is -0.147. The molecule has 1 aliphatic heterocycles. The van der Waals surface area contributed by atoms with E-state index in [9.17, 15) is 14.4 Å². The molecule has 1 aliphatic carbocycles. The van der Waals surface area contributed by atoms with Crippen molar-refractivity contribution >= 4 is 47.1 Å². The van der Waals surface area contributed by atoms with Crippen LogP contribution in [0.25, 0.3) is 0 Å². The summed E-state index contributed by atoms with van der Waals surface area (Å²) >= 11 is 2.63. The maximum atomic E-state index is 14.4. The fourth-order valence-corrected chi connectivity index (χ4v) is 6.12. The minimum absolute atomic E-state index is 0.106. The van der Waals surface area contributed by atoms with Gasteiger partial charge in [0.25, 0.3) is 5.91 Å². The van der Waals surface area contributed by atoms with Gasteiger partial charge < -0.3 is 9.47 Å². The third kappa shape index (κ3) is 6.18. The van der Waals surface area contributed by atoms with E-state index < -0.39 is 16.8 Å². The van der Waals surface area contributed by atoms with Crippen molar-refractivity contribution in [1.29, 1.82) is 0 Å². The van der Waals surface area contributed by atoms with Gasteiger partial charge in [0.05, 0.1) is 11.5 Å². The quantitative estimate of drug-likeness (QED) is 0.284. The molecule has 196 valence electrons. The molecule has 1 heterocycles. The molecule has 7 nitrogen and oxygen atoms in total. The van der Waals surface area contributed by atoms with E-state index in [1.54, 1.807) is 17.9 Å². The zero-order chi connectivity index (χ0) is 26.1. The minimum atomic E-state index is -0.807. The zero-order valence-corrected chi connectivity index (χ0v) is 23.1. The molecule has 0 aromatic heterocycles. The van der Waals surface area contributed by atoms with Crippen molar-refractivity contribution in [2.75, 3.05) is 24.4 Å². The van der Waals surface area contributed by atoms with Crippen molar-refractivity contribution in [1.82, 2.24) is 4.72 Å². The monoisotopic (exact) mass is 532 g/mol. The molecule has 36 heavy (non-hydrogen) atoms. The summed E-state index contributed by atoms with van der Waals surface area (Å²) in [5, 5.41) is -0.670. The van der Waals surface area contributed by atoms with Gasteiger partial charge in [-0.1, -0.05) is 57.7 Å². The highest BCUT2D eigenvalue weighted by Crippen LogP contribution is 2.43. The average molecular weight is 533 g/mol. The molecule has 1 N–H and O–H groups in total. The van der Waals surface area contributed by atoms with Crippen LogP contribution in [0.2, 0.25) is 0 Å². The molecule has 0 saturated carbocycles. The summed E-state index contributed by atoms with van der Waals surface area (Å²) in [6, 6.07) is 9.36. The summed E-state index contributed by atoms with van der Waals surface area (Å²) in [6.07, 6.45) is 8.66. The summed E-state index contributed by atoms with van der Waals surface area (Å²) in [5.41, 5.74) is 0.203. The maximum absolute atomic E-state index is 14.4. The summed E-state index contributed by atoms with van der Waals surface area (Å²) in [5.74, 6) is -0.419. The molecule has 0 radical (unpaired) electrons. The van der Waals surface area contributed by atoms with Gasteiger partial charge in [0.1, 0.15) is 22.2 Å². The first kappa shape index (κ1) is 28.3. The number of allylic oxidation sites excluding steroid dienone is 2. The largest absolute Gasteiger partial charge is 0.485 e. The number of amides is 1. The van der Waals surface area contributed by atoms with Gasteiger partial charge in [-0.3, -0.25) is 14.5 Å². The number of esters is 1. The van der Waals surface area contributed by atoms with Crippen LogP contribution >= 0.6 is 23.7 Å². The van der Waals surface area contributed by atoms with E-state index in [-0.39, 0.29) is 24.9 Å². The van der Waals surface area contributed by atoms with E-state index in [1.165, 1.54) is 23.7 Å². The Hall–Kier alpha value is -2.23. The van der Waals surface area contributed by atoms with Crippen molar-refractivity contribution < 1.29 is 23.9 Å². The molecule has 9 heteroatoms. The number of benzene rings is 1. The zero-order valence-electron chi connectivity index (χ0n) is 21.5. The topological polar surface area (TPSA) is 84.9 Å². The first-order valence-electron chi connectivity index (χ1n) is 12.6. The highest BCUT2D eigenvalue weighted by Gasteiger charge is 2.48. The lowest BCUT2D eigenvalue weighted by Gasteiger charge is -2.36. The number of nitrogens with zero attached hydrogens (tertiary/aromatic N) is 1. The lowest BCUT2D eigenvalue weighted by Crippen LogP contribution is -2.55. The Morgan fingerprint density at radius 1 is 1.11 bits per heavy atom. The molecule has 0 saturated heterocycles. The average Bonchev–Trinajstić information content (AvgIpc) is 3.00. The third-order valence-corrected chi connectivity index (χ3v) is 8.20. The van der Waals surface area contributed by atoms with Crippen LogP contribution < -0.4 is 9.62 Å². The van der Waals surface area contributed by atoms with Crippen LogP contribution in [0, 0.1) is 0 Å². The van der Waals surface area contributed by atoms with Crippen molar-refractivity contribution in [3.05, 3.63) is 52.8 Å². The van der Waals surface area contributed by atoms with E-state index in [0.717, 1.165) is 25.7 Å². The second-order valence-corrected chi connectivity index (χ2v) is 10.6. The smallest absolute Gasteiger partial charge is 0.344 e. The lowest BCUT2D eigenvalue weighted by atomic mass is 9.86. The molecule has 3 rings (SSSR count). The van der Waals surface area contributed by atoms with Gasteiger partial charge in [-0.25, -0.2) is 9.52 Å². The molecule has 0 spiro atoms. The van der Waals surface area contributed by atoms with Crippen molar-refractivity contribution in [3.63, 3.8) is 0 Å². The number of ketones is 1. The molecular weight excluding hydrogens is 496 g/mol. The van der Waals surface area contributed by atoms with Gasteiger partial charge in [-0.15, -0.1) is 11.8 Å². The van der Waals surface area contributed by atoms with Gasteiger partial charge >= 0.3 is 5.97 Å². The molecular formula is C27H36N2O5S2. The van der Waals surface area contributed by atoms with Crippen LogP contribution in [-0.2, 0) is 23.9 Å². The van der Waals surface area contributed by atoms with Crippen LogP contribution in [0.1, 0.15) is 59.3 Å². The first-order valence-corrected chi connectivity index (χ1v) is 14.7. The molecule has 2 aliphatic rings. The number of hydrogen-bond donors (Lipinski definition) is 1. The van der Waals surface area contributed by atoms with E-state index in [2.05, 4.69) is 18.6 Å². The standard InChI is InChI=1S/C27H36N2O5S2/c1-5-8-15-27(16-9-6-2)26(32)29(19-13-11-10-12-14-19)23-21(36-28-27)17-20(25(35-4)24(23)31)34-18-22(30)33-7-3/h10-14,17,25,28H,5-9,15-16,18H2,1-4H3. The van der Waals surface area contributed by atoms with E-state index in [1.807, 2.05) is 36.6 Å². The Morgan fingerprint density at radius 2 is 1.78 bits per heavy atom. The second-order valence-electron chi connectivity index (χ2n) is 8.80. The van der Waals surface area contributed by atoms with Gasteiger partial charge in [0.15, 0.2) is 6.61 Å². The molecule has 1 amide bonds. The highest BCUT2D eigenvalue weighted by atomic mass is 32.2. The van der Waals surface area contributed by atoms with Crippen LogP contribution in [-0.4, -0.2) is 47.9 Å². The molecule has 1 aromatic carbocycles. The summed E-state index contributed by atoms with van der Waals surface area (Å²) in [4.78, 5) is 42.5. The second kappa shape index (κ2) is 13.4. The molecule has 0 fully saturated rings. The predicted molar refractivity (Wildman–Crippen MR) is 146 cm³/mol. The van der Waals surface area contributed by atoms with E-state index >= 15 is 0 Å². The molecule has 0 bridgehead atoms. The number of para-hydroxylation sites is 1. The van der Waals surface area contributed by atoms with Crippen LogP contribution in [0.3, 0.4) is 0 Å². The van der Waals surface area contributed by atoms with Crippen molar-refractivity contribution in [3.8, 4) is 0 Å². The van der Waals surface area contributed by atoms with E-state index in [0.29, 0.717) is 34.9 Å². The number of unbranched alkanes of at least 4 members (excludes halogenated alkanes) is 2. The van der Waals surface area contributed by atoms with Gasteiger partial charge in [0.2, 0.25) is 5.78 Å². The number of carbonyl (C=O) groups excluding carboxylic acids is 3. The Balaban J connectivity index is 2.11. The predicted octanol–water partition coefficient (Wildman–Crippen LogP) is 5.38. The fourth-order valence-electron chi connectivity index (χ4n) is 4.37. The molecule has 1 atom stereocenters. The van der Waals surface area contributed by atoms with E-state index in [4.69, 9.17) is 9.47 Å². The van der Waals surface area contributed by atoms with Gasteiger partial charge in [-0.05, 0) is 56.2 Å². The summed E-state index contributed by atoms with van der Waals surface area (Å²) < 4.78 is 14.2. The number of anilines is 1. The van der Waals surface area contributed by atoms with Crippen LogP contribution in [0.4, 0.5) is 5.69 Å². The number of Topliss-reactive ketones (excluding diaryl/α,β-unsaturated/α-hetero) is 1.